The maximum atomic E-state index is 13.8. The van der Waals surface area contributed by atoms with Gasteiger partial charge in [0.05, 0.1) is 15.4 Å². The van der Waals surface area contributed by atoms with Gasteiger partial charge in [0, 0.05) is 5.69 Å². The molecule has 5 N–H and O–H groups in total. The van der Waals surface area contributed by atoms with Gasteiger partial charge in [-0.25, -0.2) is 31.5 Å². The number of hydrogen-bond acceptors (Lipinski definition) is 5. The highest BCUT2D eigenvalue weighted by Crippen LogP contribution is 2.18. The minimum absolute atomic E-state index is 0.0342. The van der Waals surface area contributed by atoms with E-state index < -0.39 is 42.2 Å². The van der Waals surface area contributed by atoms with Crippen LogP contribution in [0.3, 0.4) is 0 Å². The van der Waals surface area contributed by atoms with Gasteiger partial charge in [-0.05, 0) is 36.4 Å². The molecule has 0 heterocycles. The topological polar surface area (TPSA) is 149 Å². The van der Waals surface area contributed by atoms with E-state index in [0.717, 1.165) is 24.3 Å². The Morgan fingerprint density at radius 3 is 2.08 bits per heavy atom. The van der Waals surface area contributed by atoms with E-state index in [1.807, 2.05) is 0 Å². The minimum atomic E-state index is -4.12. The van der Waals surface area contributed by atoms with E-state index in [1.54, 1.807) is 0 Å². The van der Waals surface area contributed by atoms with Crippen molar-refractivity contribution in [1.29, 1.82) is 0 Å². The molecule has 0 bridgehead atoms. The van der Waals surface area contributed by atoms with Crippen LogP contribution in [0.2, 0.25) is 0 Å². The second kappa shape index (κ2) is 6.28. The summed E-state index contributed by atoms with van der Waals surface area (Å²) in [5, 5.41) is 12.2. The summed E-state index contributed by atoms with van der Waals surface area (Å²) in [5.74, 6) is -1.95. The molecule has 11 heteroatoms. The van der Waals surface area contributed by atoms with Crippen LogP contribution in [0.15, 0.2) is 52.3 Å². The Labute approximate surface area is 137 Å². The summed E-state index contributed by atoms with van der Waals surface area (Å²) in [5.41, 5.74) is -0.533. The zero-order valence-corrected chi connectivity index (χ0v) is 13.6. The number of carbonyl (C=O) groups is 1. The smallest absolute Gasteiger partial charge is 0.258 e. The van der Waals surface area contributed by atoms with Gasteiger partial charge in [-0.2, -0.15) is 0 Å². The standard InChI is InChI=1S/C13H12FN3O5S2/c14-12-5-4-10(24(16,21)22)7-11(12)13(18)17-8-2-1-3-9(6-8)23(15,19)20/h1-7H,(H,17,18)(H2,15,19,20)(H2,16,21,22). The number of anilines is 1. The number of halogens is 1. The van der Waals surface area contributed by atoms with Gasteiger partial charge in [-0.15, -0.1) is 0 Å². The molecule has 0 aromatic heterocycles. The lowest BCUT2D eigenvalue weighted by molar-refractivity contribution is 0.102. The molecular formula is C13H12FN3O5S2. The van der Waals surface area contributed by atoms with Crippen molar-refractivity contribution in [2.45, 2.75) is 9.79 Å². The fourth-order valence-electron chi connectivity index (χ4n) is 1.80. The second-order valence-corrected chi connectivity index (χ2v) is 7.84. The second-order valence-electron chi connectivity index (χ2n) is 4.71. The molecule has 0 atom stereocenters. The van der Waals surface area contributed by atoms with Gasteiger partial charge in [0.1, 0.15) is 5.82 Å². The van der Waals surface area contributed by atoms with Crippen molar-refractivity contribution in [2.24, 2.45) is 10.3 Å². The van der Waals surface area contributed by atoms with E-state index in [9.17, 15) is 26.0 Å². The van der Waals surface area contributed by atoms with E-state index in [-0.39, 0.29) is 10.6 Å². The van der Waals surface area contributed by atoms with Crippen LogP contribution in [0.4, 0.5) is 10.1 Å². The Morgan fingerprint density at radius 2 is 1.50 bits per heavy atom. The number of amides is 1. The Kier molecular flexibility index (Phi) is 4.71. The van der Waals surface area contributed by atoms with Gasteiger partial charge >= 0.3 is 0 Å². The molecule has 8 nitrogen and oxygen atoms in total. The van der Waals surface area contributed by atoms with E-state index >= 15 is 0 Å². The van der Waals surface area contributed by atoms with Crippen LogP contribution in [0.1, 0.15) is 10.4 Å². The Hall–Kier alpha value is -2.34. The number of sulfonamides is 2. The molecule has 0 fully saturated rings. The van der Waals surface area contributed by atoms with E-state index in [4.69, 9.17) is 10.3 Å². The van der Waals surface area contributed by atoms with Crippen LogP contribution in [-0.2, 0) is 20.0 Å². The molecule has 0 aliphatic rings. The Bertz CT molecular complexity index is 1020. The molecule has 0 aliphatic heterocycles. The van der Waals surface area contributed by atoms with Crippen molar-refractivity contribution in [3.05, 3.63) is 53.8 Å². The monoisotopic (exact) mass is 373 g/mol. The third-order valence-electron chi connectivity index (χ3n) is 2.93. The van der Waals surface area contributed by atoms with Crippen LogP contribution >= 0.6 is 0 Å². The van der Waals surface area contributed by atoms with Crippen LogP contribution in [0.25, 0.3) is 0 Å². The number of carbonyl (C=O) groups excluding carboxylic acids is 1. The summed E-state index contributed by atoms with van der Waals surface area (Å²) in [7, 11) is -8.10. The van der Waals surface area contributed by atoms with Crippen LogP contribution in [0, 0.1) is 5.82 Å². The molecule has 24 heavy (non-hydrogen) atoms. The van der Waals surface area contributed by atoms with Gasteiger partial charge in [0.15, 0.2) is 0 Å². The first-order chi connectivity index (χ1) is 11.0. The van der Waals surface area contributed by atoms with Gasteiger partial charge in [0.2, 0.25) is 20.0 Å². The summed E-state index contributed by atoms with van der Waals surface area (Å²) >= 11 is 0. The Morgan fingerprint density at radius 1 is 0.917 bits per heavy atom. The molecule has 2 aromatic rings. The molecule has 0 saturated carbocycles. The van der Waals surface area contributed by atoms with E-state index in [0.29, 0.717) is 0 Å². The quantitative estimate of drug-likeness (QED) is 0.708. The molecule has 2 rings (SSSR count). The maximum absolute atomic E-state index is 13.8. The van der Waals surface area contributed by atoms with Gasteiger partial charge < -0.3 is 5.32 Å². The molecule has 0 radical (unpaired) electrons. The first kappa shape index (κ1) is 18.0. The average molecular weight is 373 g/mol. The molecule has 1 amide bonds. The summed E-state index contributed by atoms with van der Waals surface area (Å²) < 4.78 is 58.9. The Balaban J connectivity index is 2.38. The molecule has 2 aromatic carbocycles. The SMILES string of the molecule is NS(=O)(=O)c1cccc(NC(=O)c2cc(S(N)(=O)=O)ccc2F)c1. The third-order valence-corrected chi connectivity index (χ3v) is 4.75. The fraction of sp³-hybridized carbons (Fsp3) is 0. The molecule has 0 spiro atoms. The predicted octanol–water partition coefficient (Wildman–Crippen LogP) is 0.373. The summed E-state index contributed by atoms with van der Waals surface area (Å²) in [6, 6.07) is 7.46. The highest BCUT2D eigenvalue weighted by molar-refractivity contribution is 7.89. The summed E-state index contributed by atoms with van der Waals surface area (Å²) in [6.45, 7) is 0. The predicted molar refractivity (Wildman–Crippen MR) is 83.5 cm³/mol. The number of benzene rings is 2. The lowest BCUT2D eigenvalue weighted by Crippen LogP contribution is -2.18. The molecule has 0 saturated heterocycles. The van der Waals surface area contributed by atoms with Crippen LogP contribution in [0.5, 0.6) is 0 Å². The number of nitrogens with two attached hydrogens (primary N) is 2. The van der Waals surface area contributed by atoms with Crippen molar-refractivity contribution >= 4 is 31.6 Å². The largest absolute Gasteiger partial charge is 0.322 e. The van der Waals surface area contributed by atoms with Crippen LogP contribution in [-0.4, -0.2) is 22.7 Å². The fourth-order valence-corrected chi connectivity index (χ4v) is 2.90. The lowest BCUT2D eigenvalue weighted by Gasteiger charge is -2.08. The van der Waals surface area contributed by atoms with Gasteiger partial charge in [0.25, 0.3) is 5.91 Å². The number of nitrogens with one attached hydrogen (secondary N) is 1. The van der Waals surface area contributed by atoms with Crippen molar-refractivity contribution < 1.29 is 26.0 Å². The number of hydrogen-bond donors (Lipinski definition) is 3. The summed E-state index contributed by atoms with van der Waals surface area (Å²) in [6.07, 6.45) is 0. The van der Waals surface area contributed by atoms with E-state index in [2.05, 4.69) is 5.32 Å². The number of primary sulfonamides is 2. The van der Waals surface area contributed by atoms with Crippen molar-refractivity contribution in [2.75, 3.05) is 5.32 Å². The molecule has 0 unspecified atom stereocenters. The maximum Gasteiger partial charge on any atom is 0.258 e. The molecule has 0 aliphatic carbocycles. The first-order valence-corrected chi connectivity index (χ1v) is 9.34. The zero-order valence-electron chi connectivity index (χ0n) is 11.9. The van der Waals surface area contributed by atoms with Gasteiger partial charge in [-0.1, -0.05) is 6.07 Å². The van der Waals surface area contributed by atoms with Crippen molar-refractivity contribution in [3.8, 4) is 0 Å². The highest BCUT2D eigenvalue weighted by Gasteiger charge is 2.17. The minimum Gasteiger partial charge on any atom is -0.322 e. The molecular weight excluding hydrogens is 361 g/mol. The lowest BCUT2D eigenvalue weighted by atomic mass is 10.2. The average Bonchev–Trinajstić information content (AvgIpc) is 2.45. The first-order valence-electron chi connectivity index (χ1n) is 6.25. The highest BCUT2D eigenvalue weighted by atomic mass is 32.2. The van der Waals surface area contributed by atoms with Crippen molar-refractivity contribution in [1.82, 2.24) is 0 Å². The zero-order chi connectivity index (χ0) is 18.1. The van der Waals surface area contributed by atoms with E-state index in [1.165, 1.54) is 18.2 Å². The normalized spacial score (nSPS) is 12.0. The summed E-state index contributed by atoms with van der Waals surface area (Å²) in [4.78, 5) is 11.4. The third kappa shape index (κ3) is 4.14. The van der Waals surface area contributed by atoms with Crippen LogP contribution < -0.4 is 15.6 Å². The number of rotatable bonds is 4. The van der Waals surface area contributed by atoms with Gasteiger partial charge in [-0.3, -0.25) is 4.79 Å². The van der Waals surface area contributed by atoms with Crippen molar-refractivity contribution in [3.63, 3.8) is 0 Å². The molecule has 128 valence electrons.